The number of phenolic OH excluding ortho intramolecular Hbond substituents is 1. The van der Waals surface area contributed by atoms with Crippen LogP contribution in [0.1, 0.15) is 50.9 Å². The van der Waals surface area contributed by atoms with Crippen molar-refractivity contribution < 1.29 is 28.9 Å². The summed E-state index contributed by atoms with van der Waals surface area (Å²) in [6, 6.07) is 6.97. The number of aromatic hydroxyl groups is 1. The maximum Gasteiger partial charge on any atom is 0.307 e. The van der Waals surface area contributed by atoms with E-state index in [0.717, 1.165) is 46.1 Å². The molecule has 200 valence electrons. The Labute approximate surface area is 222 Å². The Kier molecular flexibility index (Phi) is 7.76. The minimum atomic E-state index is -1.00. The van der Waals surface area contributed by atoms with Gasteiger partial charge in [0.1, 0.15) is 12.0 Å². The lowest BCUT2D eigenvalue weighted by Crippen LogP contribution is -2.21. The third kappa shape index (κ3) is 4.85. The van der Waals surface area contributed by atoms with Gasteiger partial charge < -0.3 is 24.6 Å². The number of benzene rings is 3. The predicted octanol–water partition coefficient (Wildman–Crippen LogP) is 5.76. The van der Waals surface area contributed by atoms with Gasteiger partial charge in [-0.3, -0.25) is 4.79 Å². The van der Waals surface area contributed by atoms with Gasteiger partial charge in [-0.05, 0) is 103 Å². The highest BCUT2D eigenvalue weighted by molar-refractivity contribution is 5.84. The summed E-state index contributed by atoms with van der Waals surface area (Å²) in [6.45, 7) is 8.33. The van der Waals surface area contributed by atoms with E-state index in [1.54, 1.807) is 0 Å². The number of aldehydes is 1. The Morgan fingerprint density at radius 2 is 1.84 bits per heavy atom. The van der Waals surface area contributed by atoms with Gasteiger partial charge in [-0.2, -0.15) is 0 Å². The van der Waals surface area contributed by atoms with Gasteiger partial charge in [0, 0.05) is 25.6 Å². The number of carbonyl (C=O) groups is 2. The first-order valence-corrected chi connectivity index (χ1v) is 12.8. The van der Waals surface area contributed by atoms with Crippen LogP contribution in [0.3, 0.4) is 0 Å². The second-order valence-electron chi connectivity index (χ2n) is 10.1. The van der Waals surface area contributed by atoms with Crippen LogP contribution in [-0.2, 0) is 35.4 Å². The second kappa shape index (κ2) is 10.9. The number of rotatable bonds is 8. The zero-order valence-corrected chi connectivity index (χ0v) is 22.6. The Hall–Kier alpha value is -3.87. The lowest BCUT2D eigenvalue weighted by Gasteiger charge is -2.29. The van der Waals surface area contributed by atoms with Crippen molar-refractivity contribution >= 4 is 17.9 Å². The zero-order chi connectivity index (χ0) is 27.7. The summed E-state index contributed by atoms with van der Waals surface area (Å²) >= 11 is 0. The fourth-order valence-corrected chi connectivity index (χ4v) is 5.70. The molecule has 0 saturated heterocycles. The van der Waals surface area contributed by atoms with Crippen molar-refractivity contribution in [1.29, 1.82) is 0 Å². The van der Waals surface area contributed by atoms with E-state index in [0.29, 0.717) is 47.5 Å². The van der Waals surface area contributed by atoms with Crippen molar-refractivity contribution in [3.63, 3.8) is 0 Å². The van der Waals surface area contributed by atoms with Gasteiger partial charge in [-0.1, -0.05) is 12.1 Å². The van der Waals surface area contributed by atoms with Crippen LogP contribution < -0.4 is 9.64 Å². The summed E-state index contributed by atoms with van der Waals surface area (Å²) in [5.41, 5.74) is 8.09. The maximum absolute atomic E-state index is 15.3. The number of hydrogen-bond donors (Lipinski definition) is 2. The van der Waals surface area contributed by atoms with Crippen LogP contribution in [0.4, 0.5) is 10.1 Å². The lowest BCUT2D eigenvalue weighted by molar-refractivity contribution is -0.136. The molecular weight excluding hydrogens is 485 g/mol. The second-order valence-corrected chi connectivity index (χ2v) is 10.1. The molecule has 0 bridgehead atoms. The summed E-state index contributed by atoms with van der Waals surface area (Å²) < 4.78 is 20.9. The number of phenols is 1. The quantitative estimate of drug-likeness (QED) is 0.368. The molecule has 2 N–H and O–H groups in total. The van der Waals surface area contributed by atoms with Crippen molar-refractivity contribution in [2.75, 3.05) is 18.6 Å². The van der Waals surface area contributed by atoms with Gasteiger partial charge in [0.05, 0.1) is 18.7 Å². The van der Waals surface area contributed by atoms with Crippen molar-refractivity contribution in [3.8, 4) is 22.6 Å². The SMILES string of the molecule is Cc1cccc(N(C)Cc2c(C)c(-c3cc(F)c4c(c3C)CCCO4)c(CC(=O)O)c(C)c2CC=O)c1O. The van der Waals surface area contributed by atoms with Crippen LogP contribution in [0.15, 0.2) is 24.3 Å². The molecule has 0 fully saturated rings. The van der Waals surface area contributed by atoms with Gasteiger partial charge in [0.25, 0.3) is 0 Å². The van der Waals surface area contributed by atoms with Crippen LogP contribution in [0, 0.1) is 33.5 Å². The number of aryl methyl sites for hydroxylation is 1. The first-order valence-electron chi connectivity index (χ1n) is 12.8. The topological polar surface area (TPSA) is 87.1 Å². The van der Waals surface area contributed by atoms with Gasteiger partial charge >= 0.3 is 5.97 Å². The summed E-state index contributed by atoms with van der Waals surface area (Å²) in [5, 5.41) is 20.5. The minimum absolute atomic E-state index is 0.119. The fourth-order valence-electron chi connectivity index (χ4n) is 5.70. The fraction of sp³-hybridized carbons (Fsp3) is 0.355. The van der Waals surface area contributed by atoms with Crippen molar-refractivity contribution in [2.45, 2.75) is 59.9 Å². The number of aliphatic carboxylic acids is 1. The highest BCUT2D eigenvalue weighted by Crippen LogP contribution is 2.43. The molecule has 3 aromatic carbocycles. The normalized spacial score (nSPS) is 12.6. The first-order chi connectivity index (χ1) is 18.1. The van der Waals surface area contributed by atoms with Gasteiger partial charge in [0.2, 0.25) is 0 Å². The highest BCUT2D eigenvalue weighted by Gasteiger charge is 2.27. The zero-order valence-electron chi connectivity index (χ0n) is 22.6. The van der Waals surface area contributed by atoms with E-state index >= 15 is 4.39 Å². The smallest absolute Gasteiger partial charge is 0.307 e. The number of para-hydroxylation sites is 1. The van der Waals surface area contributed by atoms with Crippen LogP contribution in [-0.4, -0.2) is 36.1 Å². The molecule has 0 amide bonds. The number of halogens is 1. The molecule has 3 aromatic rings. The monoisotopic (exact) mass is 519 g/mol. The van der Waals surface area contributed by atoms with E-state index in [-0.39, 0.29) is 24.3 Å². The maximum atomic E-state index is 15.3. The Bertz CT molecular complexity index is 1430. The molecule has 0 radical (unpaired) electrons. The lowest BCUT2D eigenvalue weighted by atomic mass is 9.80. The number of carbonyl (C=O) groups excluding carboxylic acids is 1. The summed E-state index contributed by atoms with van der Waals surface area (Å²) in [5.74, 6) is -1.01. The molecule has 38 heavy (non-hydrogen) atoms. The van der Waals surface area contributed by atoms with Gasteiger partial charge in [0.15, 0.2) is 11.6 Å². The highest BCUT2D eigenvalue weighted by atomic mass is 19.1. The number of carboxylic acids is 1. The van der Waals surface area contributed by atoms with Crippen LogP contribution in [0.2, 0.25) is 0 Å². The number of anilines is 1. The molecule has 0 spiro atoms. The molecule has 0 aromatic heterocycles. The van der Waals surface area contributed by atoms with Crippen molar-refractivity contribution in [2.24, 2.45) is 0 Å². The molecule has 1 aliphatic heterocycles. The molecule has 1 aliphatic rings. The molecule has 1 heterocycles. The van der Waals surface area contributed by atoms with Crippen molar-refractivity contribution in [3.05, 3.63) is 74.6 Å². The molecule has 0 atom stereocenters. The van der Waals surface area contributed by atoms with Gasteiger partial charge in [-0.25, -0.2) is 4.39 Å². The summed E-state index contributed by atoms with van der Waals surface area (Å²) in [4.78, 5) is 25.7. The van der Waals surface area contributed by atoms with E-state index < -0.39 is 11.8 Å². The van der Waals surface area contributed by atoms with Crippen LogP contribution in [0.25, 0.3) is 11.1 Å². The average Bonchev–Trinajstić information content (AvgIpc) is 2.88. The van der Waals surface area contributed by atoms with E-state index in [1.165, 1.54) is 6.07 Å². The van der Waals surface area contributed by atoms with E-state index in [1.807, 2.05) is 57.8 Å². The first kappa shape index (κ1) is 27.2. The number of carboxylic acid groups (broad SMARTS) is 1. The largest absolute Gasteiger partial charge is 0.505 e. The number of nitrogens with zero attached hydrogens (tertiary/aromatic N) is 1. The van der Waals surface area contributed by atoms with Crippen molar-refractivity contribution in [1.82, 2.24) is 0 Å². The van der Waals surface area contributed by atoms with E-state index in [9.17, 15) is 19.8 Å². The van der Waals surface area contributed by atoms with Crippen LogP contribution in [0.5, 0.6) is 11.5 Å². The third-order valence-corrected chi connectivity index (χ3v) is 7.74. The summed E-state index contributed by atoms with van der Waals surface area (Å²) in [6.07, 6.45) is 2.15. The summed E-state index contributed by atoms with van der Waals surface area (Å²) in [7, 11) is 1.86. The molecule has 0 saturated carbocycles. The average molecular weight is 520 g/mol. The van der Waals surface area contributed by atoms with Crippen LogP contribution >= 0.6 is 0 Å². The van der Waals surface area contributed by atoms with Gasteiger partial charge in [-0.15, -0.1) is 0 Å². The number of hydrogen-bond acceptors (Lipinski definition) is 5. The number of fused-ring (bicyclic) bond motifs is 1. The molecular formula is C31H34FNO5. The Morgan fingerprint density at radius 3 is 2.53 bits per heavy atom. The molecule has 7 heteroatoms. The molecule has 4 rings (SSSR count). The van der Waals surface area contributed by atoms with E-state index in [4.69, 9.17) is 4.74 Å². The molecule has 0 unspecified atom stereocenters. The van der Waals surface area contributed by atoms with E-state index in [2.05, 4.69) is 0 Å². The standard InChI is InChI=1S/C31H34FNO5/c1-17-8-6-10-27(30(17)37)33(5)16-25-20(4)29(24(15-28(35)36)18(2)21(25)11-12-34)23-14-26(32)31-22(19(23)3)9-7-13-38-31/h6,8,10,12,14,37H,7,9,11,13,15-16H2,1-5H3,(H,35,36). The Balaban J connectivity index is 2.00. The Morgan fingerprint density at radius 1 is 1.11 bits per heavy atom. The molecule has 0 aliphatic carbocycles. The predicted molar refractivity (Wildman–Crippen MR) is 146 cm³/mol. The third-order valence-electron chi connectivity index (χ3n) is 7.74. The molecule has 6 nitrogen and oxygen atoms in total. The number of ether oxygens (including phenoxy) is 1. The minimum Gasteiger partial charge on any atom is -0.505 e.